The average Bonchev–Trinajstić information content (AvgIpc) is 4.03. The average molecular weight is 1060 g/mol. The zero-order chi connectivity index (χ0) is 55.8. The van der Waals surface area contributed by atoms with E-state index >= 15 is 0 Å². The minimum absolute atomic E-state index is 0.0830. The maximum Gasteiger partial charge on any atom is 0.416 e. The van der Waals surface area contributed by atoms with E-state index in [1.807, 2.05) is 87.8 Å². The number of aryl methyl sites for hydroxylation is 3. The Morgan fingerprint density at radius 1 is 0.756 bits per heavy atom. The van der Waals surface area contributed by atoms with E-state index in [2.05, 4.69) is 21.3 Å². The van der Waals surface area contributed by atoms with Crippen molar-refractivity contribution in [3.63, 3.8) is 0 Å². The Kier molecular flexibility index (Phi) is 17.6. The van der Waals surface area contributed by atoms with Gasteiger partial charge in [0, 0.05) is 68.9 Å². The summed E-state index contributed by atoms with van der Waals surface area (Å²) in [6.45, 7) is 7.28. The van der Waals surface area contributed by atoms with Gasteiger partial charge in [0.2, 0.25) is 17.7 Å². The van der Waals surface area contributed by atoms with Crippen molar-refractivity contribution in [2.75, 3.05) is 34.0 Å². The second-order valence-electron chi connectivity index (χ2n) is 20.3. The van der Waals surface area contributed by atoms with E-state index in [0.717, 1.165) is 34.4 Å². The molecular weight excluding hydrogens is 995 g/mol. The molecule has 408 valence electrons. The van der Waals surface area contributed by atoms with Gasteiger partial charge in [-0.2, -0.15) is 0 Å². The number of Topliss-reactive ketones (excluding diaryl/α,β-unsaturated/α-hetero) is 1. The van der Waals surface area contributed by atoms with Crippen molar-refractivity contribution in [2.45, 2.75) is 97.2 Å². The maximum atomic E-state index is 14.1. The fourth-order valence-corrected chi connectivity index (χ4v) is 9.53. The molecule has 0 aliphatic carbocycles. The third-order valence-electron chi connectivity index (χ3n) is 14.1. The highest BCUT2D eigenvalue weighted by molar-refractivity contribution is 6.06. The number of aliphatic hydroxyl groups excluding tert-OH is 1. The molecule has 6 aromatic rings. The molecule has 0 spiro atoms. The Morgan fingerprint density at radius 3 is 2.17 bits per heavy atom. The Bertz CT molecular complexity index is 3190. The Balaban J connectivity index is 0.846. The SMILES string of the molecule is Cc1cc2c(cc1OCCCC(=O)Nc1cc(C(=O)Cc3ccc(-c4cc(C(=O)Nc5ccccc5)n(C)c4)cc3)n(C)c1)N(C(=O)OCc1ccc(NC(=O)[C@H](C)NC(=O)[C@@H](N)C(C)C)cc1)[C@@H](O)[C@@H]1CCCCN1C2=O. The molecule has 4 heterocycles. The first-order valence-corrected chi connectivity index (χ1v) is 26.1. The van der Waals surface area contributed by atoms with Crippen LogP contribution in [-0.2, 0) is 46.2 Å². The van der Waals surface area contributed by atoms with E-state index in [9.17, 15) is 38.7 Å². The first-order chi connectivity index (χ1) is 37.3. The van der Waals surface area contributed by atoms with E-state index in [0.29, 0.717) is 64.7 Å². The molecule has 0 unspecified atom stereocenters. The van der Waals surface area contributed by atoms with E-state index in [-0.39, 0.29) is 66.7 Å². The molecule has 4 atom stereocenters. The highest BCUT2D eigenvalue weighted by atomic mass is 16.6. The number of nitrogens with one attached hydrogen (secondary N) is 4. The molecule has 78 heavy (non-hydrogen) atoms. The molecule has 1 fully saturated rings. The molecule has 8 rings (SSSR count). The number of benzene rings is 4. The number of ether oxygens (including phenoxy) is 2. The quantitative estimate of drug-likeness (QED) is 0.0339. The zero-order valence-corrected chi connectivity index (χ0v) is 44.7. The summed E-state index contributed by atoms with van der Waals surface area (Å²) in [6.07, 6.45) is 3.74. The van der Waals surface area contributed by atoms with Crippen LogP contribution in [0.5, 0.6) is 5.75 Å². The number of anilines is 4. The van der Waals surface area contributed by atoms with Gasteiger partial charge in [-0.1, -0.05) is 68.4 Å². The lowest BCUT2D eigenvalue weighted by Gasteiger charge is -2.38. The number of hydrogen-bond acceptors (Lipinski definition) is 11. The third kappa shape index (κ3) is 13.2. The predicted molar refractivity (Wildman–Crippen MR) is 296 cm³/mol. The van der Waals surface area contributed by atoms with Crippen LogP contribution >= 0.6 is 0 Å². The van der Waals surface area contributed by atoms with E-state index < -0.39 is 42.3 Å². The first-order valence-electron chi connectivity index (χ1n) is 26.1. The van der Waals surface area contributed by atoms with Crippen LogP contribution in [0.25, 0.3) is 11.1 Å². The normalized spacial score (nSPS) is 15.8. The van der Waals surface area contributed by atoms with Crippen molar-refractivity contribution in [3.8, 4) is 16.9 Å². The van der Waals surface area contributed by atoms with Gasteiger partial charge in [-0.3, -0.25) is 28.8 Å². The molecule has 0 bridgehead atoms. The number of fused-ring (bicyclic) bond motifs is 2. The Labute approximate surface area is 453 Å². The van der Waals surface area contributed by atoms with Crippen LogP contribution in [-0.4, -0.2) is 98.1 Å². The van der Waals surface area contributed by atoms with Gasteiger partial charge in [0.1, 0.15) is 24.1 Å². The molecule has 19 nitrogen and oxygen atoms in total. The van der Waals surface area contributed by atoms with Gasteiger partial charge >= 0.3 is 6.09 Å². The molecule has 0 saturated carbocycles. The summed E-state index contributed by atoms with van der Waals surface area (Å²) in [6, 6.07) is 27.8. The van der Waals surface area contributed by atoms with Crippen LogP contribution in [0.4, 0.5) is 27.5 Å². The number of aromatic nitrogens is 2. The highest BCUT2D eigenvalue weighted by Crippen LogP contribution is 2.38. The number of rotatable bonds is 19. The lowest BCUT2D eigenvalue weighted by molar-refractivity contribution is -0.127. The van der Waals surface area contributed by atoms with Crippen LogP contribution in [0.15, 0.2) is 116 Å². The first kappa shape index (κ1) is 55.7. The van der Waals surface area contributed by atoms with Crippen LogP contribution in [0.2, 0.25) is 0 Å². The largest absolute Gasteiger partial charge is 0.493 e. The Morgan fingerprint density at radius 2 is 1.45 bits per heavy atom. The number of hydrogen-bond donors (Lipinski definition) is 6. The van der Waals surface area contributed by atoms with Gasteiger partial charge in [-0.05, 0) is 110 Å². The fraction of sp³-hybridized carbons (Fsp3) is 0.339. The monoisotopic (exact) mass is 1060 g/mol. The molecule has 0 radical (unpaired) electrons. The smallest absolute Gasteiger partial charge is 0.416 e. The van der Waals surface area contributed by atoms with E-state index in [4.69, 9.17) is 15.2 Å². The fourth-order valence-electron chi connectivity index (χ4n) is 9.53. The Hall–Kier alpha value is -8.55. The third-order valence-corrected chi connectivity index (χ3v) is 14.1. The molecule has 2 aromatic heterocycles. The molecule has 7 N–H and O–H groups in total. The van der Waals surface area contributed by atoms with Crippen molar-refractivity contribution in [2.24, 2.45) is 25.7 Å². The van der Waals surface area contributed by atoms with Crippen molar-refractivity contribution < 1.29 is 48.1 Å². The summed E-state index contributed by atoms with van der Waals surface area (Å²) < 4.78 is 15.4. The summed E-state index contributed by atoms with van der Waals surface area (Å²) in [7, 11) is 3.56. The molecule has 1 saturated heterocycles. The number of piperidine rings is 1. The number of ketones is 1. The summed E-state index contributed by atoms with van der Waals surface area (Å²) >= 11 is 0. The number of amides is 6. The van der Waals surface area contributed by atoms with Crippen LogP contribution in [0.1, 0.15) is 101 Å². The topological polar surface area (TPSA) is 249 Å². The van der Waals surface area contributed by atoms with Crippen molar-refractivity contribution in [1.29, 1.82) is 0 Å². The second kappa shape index (κ2) is 24.6. The molecule has 19 heteroatoms. The number of para-hydroxylation sites is 1. The number of nitrogens with two attached hydrogens (primary N) is 1. The van der Waals surface area contributed by atoms with Crippen molar-refractivity contribution >= 4 is 64.2 Å². The van der Waals surface area contributed by atoms with E-state index in [1.165, 1.54) is 0 Å². The molecular formula is C59H67N9O10. The van der Waals surface area contributed by atoms with E-state index in [1.54, 1.807) is 83.6 Å². The van der Waals surface area contributed by atoms with Gasteiger partial charge < -0.3 is 55.6 Å². The van der Waals surface area contributed by atoms with Crippen molar-refractivity contribution in [1.82, 2.24) is 19.4 Å². The minimum atomic E-state index is -1.43. The van der Waals surface area contributed by atoms with Crippen LogP contribution in [0, 0.1) is 12.8 Å². The van der Waals surface area contributed by atoms with Crippen LogP contribution < -0.4 is 36.6 Å². The van der Waals surface area contributed by atoms with Gasteiger partial charge in [0.15, 0.2) is 12.0 Å². The van der Waals surface area contributed by atoms with Gasteiger partial charge in [-0.15, -0.1) is 0 Å². The maximum absolute atomic E-state index is 14.1. The molecule has 4 aromatic carbocycles. The molecule has 6 amide bonds. The highest BCUT2D eigenvalue weighted by Gasteiger charge is 2.44. The summed E-state index contributed by atoms with van der Waals surface area (Å²) in [5.74, 6) is -1.60. The lowest BCUT2D eigenvalue weighted by atomic mass is 10.00. The molecule has 2 aliphatic heterocycles. The summed E-state index contributed by atoms with van der Waals surface area (Å²) in [4.78, 5) is 95.7. The lowest BCUT2D eigenvalue weighted by Crippen LogP contribution is -2.55. The standard InChI is InChI=1S/C59H67N9O10/c1-35(2)53(60)56(73)61-37(4)54(71)63-43-23-19-39(20-24-43)34-78-59(76)68-47-31-51(36(3)27-45(47)57(74)67-25-11-10-15-46(67)58(68)75)77-26-12-16-52(70)62-44-30-48(66(6)33-44)50(69)28-38-17-21-40(22-18-38)41-29-49(65(5)32-41)55(72)64-42-13-8-7-9-14-42/h7-9,13-14,17-24,27,29-33,35,37,46,53,58,75H,10-12,15-16,25-26,28,34,60H2,1-6H3,(H,61,73)(H,62,70)(H,63,71)(H,64,72)/t37-,46-,53-,58-/m0/s1. The second-order valence-corrected chi connectivity index (χ2v) is 20.3. The minimum Gasteiger partial charge on any atom is -0.493 e. The number of aliphatic hydroxyl groups is 1. The van der Waals surface area contributed by atoms with Gasteiger partial charge in [-0.25, -0.2) is 9.69 Å². The summed E-state index contributed by atoms with van der Waals surface area (Å²) in [5.41, 5.74) is 12.5. The number of carbonyl (C=O) groups excluding carboxylic acids is 7. The predicted octanol–water partition coefficient (Wildman–Crippen LogP) is 7.71. The summed E-state index contributed by atoms with van der Waals surface area (Å²) in [5, 5.41) is 23.0. The number of carbonyl (C=O) groups is 7. The molecule has 2 aliphatic rings. The van der Waals surface area contributed by atoms with Gasteiger partial charge in [0.05, 0.1) is 41.3 Å². The van der Waals surface area contributed by atoms with Gasteiger partial charge in [0.25, 0.3) is 11.8 Å². The number of nitrogens with zero attached hydrogens (tertiary/aromatic N) is 4. The van der Waals surface area contributed by atoms with Crippen molar-refractivity contribution in [3.05, 3.63) is 149 Å². The van der Waals surface area contributed by atoms with Crippen LogP contribution in [0.3, 0.4) is 0 Å². The zero-order valence-electron chi connectivity index (χ0n) is 44.7.